The van der Waals surface area contributed by atoms with Crippen molar-refractivity contribution in [2.75, 3.05) is 19.8 Å². The molecule has 0 bridgehead atoms. The van der Waals surface area contributed by atoms with Crippen LogP contribution < -0.4 is 16.0 Å². The number of hydrogen-bond donors (Lipinski definition) is 3. The number of urea groups is 1. The first-order valence-corrected chi connectivity index (χ1v) is 6.14. The molecule has 2 saturated heterocycles. The minimum absolute atomic E-state index is 0.0592. The second-order valence-electron chi connectivity index (χ2n) is 4.67. The van der Waals surface area contributed by atoms with Gasteiger partial charge in [-0.2, -0.15) is 0 Å². The Hall–Kier alpha value is -0.810. The van der Waals surface area contributed by atoms with Crippen molar-refractivity contribution in [3.63, 3.8) is 0 Å². The predicted molar refractivity (Wildman–Crippen MR) is 61.4 cm³/mol. The van der Waals surface area contributed by atoms with Gasteiger partial charge in [0.15, 0.2) is 0 Å². The zero-order chi connectivity index (χ0) is 11.4. The van der Waals surface area contributed by atoms with Crippen LogP contribution in [0.2, 0.25) is 0 Å². The lowest BCUT2D eigenvalue weighted by atomic mass is 10.0. The molecule has 0 spiro atoms. The molecule has 0 aromatic rings. The third kappa shape index (κ3) is 3.09. The molecule has 2 rings (SSSR count). The lowest BCUT2D eigenvalue weighted by molar-refractivity contribution is 0.187. The molecule has 5 heteroatoms. The molecule has 0 saturated carbocycles. The Bertz CT molecular complexity index is 241. The van der Waals surface area contributed by atoms with E-state index in [1.165, 1.54) is 0 Å². The monoisotopic (exact) mass is 227 g/mol. The zero-order valence-electron chi connectivity index (χ0n) is 9.79. The molecular formula is C11H21N3O2. The summed E-state index contributed by atoms with van der Waals surface area (Å²) < 4.78 is 5.21. The van der Waals surface area contributed by atoms with Gasteiger partial charge in [0, 0.05) is 18.7 Å². The summed E-state index contributed by atoms with van der Waals surface area (Å²) in [4.78, 5) is 11.7. The number of nitrogens with one attached hydrogen (secondary N) is 3. The first kappa shape index (κ1) is 11.7. The molecule has 2 amide bonds. The van der Waals surface area contributed by atoms with Crippen LogP contribution in [0.4, 0.5) is 4.79 Å². The first-order valence-electron chi connectivity index (χ1n) is 6.14. The quantitative estimate of drug-likeness (QED) is 0.632. The number of ether oxygens (including phenoxy) is 1. The van der Waals surface area contributed by atoms with Crippen LogP contribution in [0.25, 0.3) is 0 Å². The minimum atomic E-state index is -0.0592. The Morgan fingerprint density at radius 1 is 1.38 bits per heavy atom. The highest BCUT2D eigenvalue weighted by atomic mass is 16.5. The van der Waals surface area contributed by atoms with Crippen LogP contribution in [-0.2, 0) is 4.74 Å². The summed E-state index contributed by atoms with van der Waals surface area (Å²) >= 11 is 0. The van der Waals surface area contributed by atoms with Crippen LogP contribution in [0.15, 0.2) is 0 Å². The summed E-state index contributed by atoms with van der Waals surface area (Å²) in [5, 5.41) is 9.34. The molecular weight excluding hydrogens is 206 g/mol. The molecule has 0 aliphatic carbocycles. The van der Waals surface area contributed by atoms with Gasteiger partial charge in [0.25, 0.3) is 0 Å². The van der Waals surface area contributed by atoms with E-state index in [2.05, 4.69) is 22.9 Å². The topological polar surface area (TPSA) is 62.4 Å². The van der Waals surface area contributed by atoms with E-state index < -0.39 is 0 Å². The van der Waals surface area contributed by atoms with Gasteiger partial charge in [-0.1, -0.05) is 0 Å². The zero-order valence-corrected chi connectivity index (χ0v) is 9.79. The average Bonchev–Trinajstić information content (AvgIpc) is 2.74. The number of carbonyl (C=O) groups is 1. The lowest BCUT2D eigenvalue weighted by Crippen LogP contribution is -2.55. The number of rotatable bonds is 2. The maximum Gasteiger partial charge on any atom is 0.315 e. The van der Waals surface area contributed by atoms with Gasteiger partial charge in [0.05, 0.1) is 12.6 Å². The molecule has 2 fully saturated rings. The highest BCUT2D eigenvalue weighted by Gasteiger charge is 2.24. The van der Waals surface area contributed by atoms with Gasteiger partial charge in [-0.15, -0.1) is 0 Å². The predicted octanol–water partition coefficient (Wildman–Crippen LogP) is 0.215. The van der Waals surface area contributed by atoms with E-state index in [1.54, 1.807) is 0 Å². The fraction of sp³-hybridized carbons (Fsp3) is 0.909. The van der Waals surface area contributed by atoms with Crippen molar-refractivity contribution in [2.24, 2.45) is 0 Å². The van der Waals surface area contributed by atoms with E-state index in [-0.39, 0.29) is 18.1 Å². The Labute approximate surface area is 96.3 Å². The second kappa shape index (κ2) is 5.50. The summed E-state index contributed by atoms with van der Waals surface area (Å²) in [5.74, 6) is 0. The molecule has 3 N–H and O–H groups in total. The highest BCUT2D eigenvalue weighted by molar-refractivity contribution is 5.74. The van der Waals surface area contributed by atoms with E-state index in [0.717, 1.165) is 32.4 Å². The smallest absolute Gasteiger partial charge is 0.315 e. The Kier molecular flexibility index (Phi) is 4.01. The maximum atomic E-state index is 11.7. The van der Waals surface area contributed by atoms with Crippen molar-refractivity contribution in [1.82, 2.24) is 16.0 Å². The Balaban J connectivity index is 1.72. The van der Waals surface area contributed by atoms with E-state index in [0.29, 0.717) is 12.6 Å². The lowest BCUT2D eigenvalue weighted by Gasteiger charge is -2.31. The average molecular weight is 227 g/mol. The molecule has 3 unspecified atom stereocenters. The minimum Gasteiger partial charge on any atom is -0.379 e. The fourth-order valence-corrected chi connectivity index (χ4v) is 2.28. The first-order chi connectivity index (χ1) is 7.75. The molecule has 2 heterocycles. The molecule has 0 radical (unpaired) electrons. The van der Waals surface area contributed by atoms with Crippen LogP contribution in [0.5, 0.6) is 0 Å². The largest absolute Gasteiger partial charge is 0.379 e. The summed E-state index contributed by atoms with van der Waals surface area (Å²) in [6.07, 6.45) is 3.11. The molecule has 2 aliphatic heterocycles. The molecule has 16 heavy (non-hydrogen) atoms. The summed E-state index contributed by atoms with van der Waals surface area (Å²) in [7, 11) is 0. The van der Waals surface area contributed by atoms with Crippen LogP contribution in [-0.4, -0.2) is 43.9 Å². The number of amides is 2. The molecule has 0 aromatic heterocycles. The van der Waals surface area contributed by atoms with E-state index in [9.17, 15) is 4.79 Å². The van der Waals surface area contributed by atoms with Crippen molar-refractivity contribution in [2.45, 2.75) is 44.3 Å². The van der Waals surface area contributed by atoms with Crippen molar-refractivity contribution in [3.8, 4) is 0 Å². The van der Waals surface area contributed by atoms with Crippen molar-refractivity contribution in [3.05, 3.63) is 0 Å². The number of carbonyl (C=O) groups excluding carboxylic acids is 1. The van der Waals surface area contributed by atoms with Crippen LogP contribution >= 0.6 is 0 Å². The standard InChI is InChI=1S/C11H21N3O2/c1-8-10(3-2-5-12-8)14-11(15)13-9-4-6-16-7-9/h8-10,12H,2-7H2,1H3,(H2,13,14,15). The normalized spacial score (nSPS) is 34.7. The number of hydrogen-bond acceptors (Lipinski definition) is 3. The van der Waals surface area contributed by atoms with Gasteiger partial charge >= 0.3 is 6.03 Å². The van der Waals surface area contributed by atoms with Crippen LogP contribution in [0, 0.1) is 0 Å². The molecule has 5 nitrogen and oxygen atoms in total. The highest BCUT2D eigenvalue weighted by Crippen LogP contribution is 2.08. The van der Waals surface area contributed by atoms with Crippen molar-refractivity contribution in [1.29, 1.82) is 0 Å². The fourth-order valence-electron chi connectivity index (χ4n) is 2.28. The summed E-state index contributed by atoms with van der Waals surface area (Å²) in [5.41, 5.74) is 0. The third-order valence-corrected chi connectivity index (χ3v) is 3.34. The van der Waals surface area contributed by atoms with Gasteiger partial charge < -0.3 is 20.7 Å². The third-order valence-electron chi connectivity index (χ3n) is 3.34. The van der Waals surface area contributed by atoms with Crippen LogP contribution in [0.3, 0.4) is 0 Å². The van der Waals surface area contributed by atoms with Crippen molar-refractivity contribution >= 4 is 6.03 Å². The SMILES string of the molecule is CC1NCCCC1NC(=O)NC1CCOC1. The molecule has 92 valence electrons. The molecule has 0 aromatic carbocycles. The van der Waals surface area contributed by atoms with Gasteiger partial charge in [-0.3, -0.25) is 0 Å². The van der Waals surface area contributed by atoms with E-state index >= 15 is 0 Å². The summed E-state index contributed by atoms with van der Waals surface area (Å²) in [6, 6.07) is 0.735. The van der Waals surface area contributed by atoms with Gasteiger partial charge in [-0.25, -0.2) is 4.79 Å². The van der Waals surface area contributed by atoms with E-state index in [1.807, 2.05) is 0 Å². The van der Waals surface area contributed by atoms with Gasteiger partial charge in [0.1, 0.15) is 0 Å². The maximum absolute atomic E-state index is 11.7. The van der Waals surface area contributed by atoms with Crippen LogP contribution in [0.1, 0.15) is 26.2 Å². The second-order valence-corrected chi connectivity index (χ2v) is 4.67. The van der Waals surface area contributed by atoms with Crippen molar-refractivity contribution < 1.29 is 9.53 Å². The molecule has 2 aliphatic rings. The van der Waals surface area contributed by atoms with E-state index in [4.69, 9.17) is 4.74 Å². The number of piperidine rings is 1. The Morgan fingerprint density at radius 2 is 2.25 bits per heavy atom. The molecule has 3 atom stereocenters. The summed E-state index contributed by atoms with van der Waals surface area (Å²) in [6.45, 7) is 4.57. The van der Waals surface area contributed by atoms with Gasteiger partial charge in [0.2, 0.25) is 0 Å². The van der Waals surface area contributed by atoms with Gasteiger partial charge in [-0.05, 0) is 32.7 Å². The Morgan fingerprint density at radius 3 is 2.94 bits per heavy atom.